The minimum Gasteiger partial charge on any atom is -0.396 e. The van der Waals surface area contributed by atoms with Gasteiger partial charge in [0.15, 0.2) is 0 Å². The van der Waals surface area contributed by atoms with Crippen molar-refractivity contribution in [1.29, 1.82) is 0 Å². The number of hydrogen-bond acceptors (Lipinski definition) is 3. The number of aliphatic hydroxyl groups excluding tert-OH is 1. The number of fused-ring (bicyclic) bond motifs is 1. The summed E-state index contributed by atoms with van der Waals surface area (Å²) in [6.07, 6.45) is 0. The zero-order valence-electron chi connectivity index (χ0n) is 11.5. The molecule has 20 heavy (non-hydrogen) atoms. The third-order valence-corrected chi connectivity index (χ3v) is 4.07. The van der Waals surface area contributed by atoms with Crippen LogP contribution < -0.4 is 5.32 Å². The van der Waals surface area contributed by atoms with E-state index < -0.39 is 0 Å². The zero-order valence-corrected chi connectivity index (χ0v) is 12.3. The largest absolute Gasteiger partial charge is 0.396 e. The summed E-state index contributed by atoms with van der Waals surface area (Å²) in [7, 11) is 0. The van der Waals surface area contributed by atoms with Gasteiger partial charge in [-0.2, -0.15) is 0 Å². The summed E-state index contributed by atoms with van der Waals surface area (Å²) in [6, 6.07) is 14.3. The van der Waals surface area contributed by atoms with Gasteiger partial charge in [-0.25, -0.2) is 0 Å². The average molecular weight is 289 g/mol. The lowest BCUT2D eigenvalue weighted by atomic mass is 10.00. The molecule has 2 N–H and O–H groups in total. The summed E-state index contributed by atoms with van der Waals surface area (Å²) in [6.45, 7) is 2.10. The molecule has 0 unspecified atom stereocenters. The summed E-state index contributed by atoms with van der Waals surface area (Å²) < 4.78 is 0. The molecule has 0 aliphatic heterocycles. The van der Waals surface area contributed by atoms with Gasteiger partial charge in [-0.1, -0.05) is 42.5 Å². The highest BCUT2D eigenvalue weighted by Gasteiger charge is 2.11. The first-order valence-electron chi connectivity index (χ1n) is 6.68. The molecule has 1 atom stereocenters. The van der Waals surface area contributed by atoms with Crippen molar-refractivity contribution < 1.29 is 9.90 Å². The SMILES string of the molecule is C[C@H](NC(=O)CSCCO)c1cccc2ccccc12. The minimum absolute atomic E-state index is 0.00360. The summed E-state index contributed by atoms with van der Waals surface area (Å²) in [4.78, 5) is 11.8. The minimum atomic E-state index is -0.0247. The van der Waals surface area contributed by atoms with Crippen LogP contribution in [0.25, 0.3) is 10.8 Å². The standard InChI is InChI=1S/C16H19NO2S/c1-12(17-16(19)11-20-10-9-18)14-8-4-6-13-5-2-3-7-15(13)14/h2-8,12,18H,9-11H2,1H3,(H,17,19)/t12-/m0/s1. The molecule has 0 heterocycles. The highest BCUT2D eigenvalue weighted by atomic mass is 32.2. The molecule has 0 aliphatic rings. The Morgan fingerprint density at radius 3 is 2.80 bits per heavy atom. The molecule has 0 aliphatic carbocycles. The molecule has 0 saturated carbocycles. The molecular formula is C16H19NO2S. The molecule has 1 amide bonds. The number of nitrogens with one attached hydrogen (secondary N) is 1. The number of carbonyl (C=O) groups is 1. The lowest BCUT2D eigenvalue weighted by molar-refractivity contribution is -0.119. The summed E-state index contributed by atoms with van der Waals surface area (Å²) in [5, 5.41) is 14.1. The van der Waals surface area contributed by atoms with Crippen LogP contribution >= 0.6 is 11.8 Å². The molecule has 0 aromatic heterocycles. The number of amides is 1. The predicted octanol–water partition coefficient (Wildman–Crippen LogP) is 2.74. The van der Waals surface area contributed by atoms with Gasteiger partial charge in [-0.05, 0) is 23.3 Å². The van der Waals surface area contributed by atoms with Crippen LogP contribution in [0.15, 0.2) is 42.5 Å². The molecule has 106 valence electrons. The fourth-order valence-electron chi connectivity index (χ4n) is 2.22. The first-order chi connectivity index (χ1) is 9.72. The van der Waals surface area contributed by atoms with E-state index in [0.717, 1.165) is 5.56 Å². The fourth-order valence-corrected chi connectivity index (χ4v) is 2.76. The van der Waals surface area contributed by atoms with Crippen LogP contribution in [0.3, 0.4) is 0 Å². The van der Waals surface area contributed by atoms with E-state index in [9.17, 15) is 4.79 Å². The Kier molecular flexibility index (Phi) is 5.44. The van der Waals surface area contributed by atoms with Crippen molar-refractivity contribution in [2.24, 2.45) is 0 Å². The second-order valence-corrected chi connectivity index (χ2v) is 5.74. The van der Waals surface area contributed by atoms with Crippen molar-refractivity contribution in [3.05, 3.63) is 48.0 Å². The van der Waals surface area contributed by atoms with Gasteiger partial charge in [0.25, 0.3) is 0 Å². The van der Waals surface area contributed by atoms with Gasteiger partial charge in [-0.15, -0.1) is 11.8 Å². The number of aliphatic hydroxyl groups is 1. The molecule has 0 radical (unpaired) electrons. The van der Waals surface area contributed by atoms with Gasteiger partial charge in [0.2, 0.25) is 5.91 Å². The van der Waals surface area contributed by atoms with E-state index in [0.29, 0.717) is 11.5 Å². The van der Waals surface area contributed by atoms with Crippen molar-refractivity contribution in [1.82, 2.24) is 5.32 Å². The third-order valence-electron chi connectivity index (χ3n) is 3.14. The second kappa shape index (κ2) is 7.31. The topological polar surface area (TPSA) is 49.3 Å². The van der Waals surface area contributed by atoms with E-state index in [-0.39, 0.29) is 18.6 Å². The van der Waals surface area contributed by atoms with Crippen molar-refractivity contribution in [2.45, 2.75) is 13.0 Å². The molecule has 0 fully saturated rings. The summed E-state index contributed by atoms with van der Waals surface area (Å²) in [5.41, 5.74) is 1.13. The van der Waals surface area contributed by atoms with Crippen LogP contribution in [0.5, 0.6) is 0 Å². The van der Waals surface area contributed by atoms with Crippen molar-refractivity contribution in [2.75, 3.05) is 18.1 Å². The van der Waals surface area contributed by atoms with E-state index in [4.69, 9.17) is 5.11 Å². The lowest BCUT2D eigenvalue weighted by Gasteiger charge is -2.16. The van der Waals surface area contributed by atoms with Crippen molar-refractivity contribution in [3.8, 4) is 0 Å². The molecule has 2 aromatic carbocycles. The first kappa shape index (κ1) is 14.9. The average Bonchev–Trinajstić information content (AvgIpc) is 2.47. The van der Waals surface area contributed by atoms with Gasteiger partial charge >= 0.3 is 0 Å². The molecule has 0 bridgehead atoms. The second-order valence-electron chi connectivity index (χ2n) is 4.63. The van der Waals surface area contributed by atoms with E-state index in [2.05, 4.69) is 23.5 Å². The van der Waals surface area contributed by atoms with Crippen molar-refractivity contribution >= 4 is 28.4 Å². The number of hydrogen-bond donors (Lipinski definition) is 2. The van der Waals surface area contributed by atoms with Crippen LogP contribution in [-0.2, 0) is 4.79 Å². The molecule has 0 spiro atoms. The summed E-state index contributed by atoms with van der Waals surface area (Å²) in [5.74, 6) is 0.982. The van der Waals surface area contributed by atoms with E-state index in [1.54, 1.807) is 0 Å². The van der Waals surface area contributed by atoms with Gasteiger partial charge in [0.05, 0.1) is 18.4 Å². The molecule has 3 nitrogen and oxygen atoms in total. The van der Waals surface area contributed by atoms with Crippen LogP contribution in [0, 0.1) is 0 Å². The maximum atomic E-state index is 11.8. The van der Waals surface area contributed by atoms with Gasteiger partial charge in [0, 0.05) is 5.75 Å². The van der Waals surface area contributed by atoms with Crippen LogP contribution in [0.4, 0.5) is 0 Å². The Morgan fingerprint density at radius 1 is 1.25 bits per heavy atom. The highest BCUT2D eigenvalue weighted by Crippen LogP contribution is 2.24. The van der Waals surface area contributed by atoms with E-state index in [1.807, 2.05) is 31.2 Å². The van der Waals surface area contributed by atoms with Crippen LogP contribution in [0.1, 0.15) is 18.5 Å². The quantitative estimate of drug-likeness (QED) is 0.804. The zero-order chi connectivity index (χ0) is 14.4. The van der Waals surface area contributed by atoms with E-state index >= 15 is 0 Å². The molecule has 2 aromatic rings. The molecule has 2 rings (SSSR count). The number of benzene rings is 2. The van der Waals surface area contributed by atoms with Crippen LogP contribution in [0.2, 0.25) is 0 Å². The third kappa shape index (κ3) is 3.74. The number of carbonyl (C=O) groups excluding carboxylic acids is 1. The van der Waals surface area contributed by atoms with Crippen molar-refractivity contribution in [3.63, 3.8) is 0 Å². The van der Waals surface area contributed by atoms with Gasteiger partial charge in [0.1, 0.15) is 0 Å². The summed E-state index contributed by atoms with van der Waals surface area (Å²) >= 11 is 1.44. The Hall–Kier alpha value is -1.52. The van der Waals surface area contributed by atoms with Gasteiger partial charge < -0.3 is 10.4 Å². The normalized spacial score (nSPS) is 12.3. The van der Waals surface area contributed by atoms with Crippen LogP contribution in [-0.4, -0.2) is 29.1 Å². The fraction of sp³-hybridized carbons (Fsp3) is 0.312. The number of thioether (sulfide) groups is 1. The first-order valence-corrected chi connectivity index (χ1v) is 7.83. The number of rotatable bonds is 6. The monoisotopic (exact) mass is 289 g/mol. The Bertz CT molecular complexity index is 580. The maximum Gasteiger partial charge on any atom is 0.230 e. The Morgan fingerprint density at radius 2 is 2.00 bits per heavy atom. The van der Waals surface area contributed by atoms with Gasteiger partial charge in [-0.3, -0.25) is 4.79 Å². The van der Waals surface area contributed by atoms with E-state index in [1.165, 1.54) is 22.5 Å². The Balaban J connectivity index is 2.07. The molecule has 4 heteroatoms. The maximum absolute atomic E-state index is 11.8. The lowest BCUT2D eigenvalue weighted by Crippen LogP contribution is -2.28. The Labute approximate surface area is 123 Å². The smallest absolute Gasteiger partial charge is 0.230 e. The highest BCUT2D eigenvalue weighted by molar-refractivity contribution is 7.99. The molecular weight excluding hydrogens is 270 g/mol. The predicted molar refractivity (Wildman–Crippen MR) is 84.9 cm³/mol. The molecule has 0 saturated heterocycles.